The summed E-state index contributed by atoms with van der Waals surface area (Å²) >= 11 is 0. The van der Waals surface area contributed by atoms with E-state index in [-0.39, 0.29) is 0 Å². The Morgan fingerprint density at radius 3 is 3.00 bits per heavy atom. The first-order valence-corrected chi connectivity index (χ1v) is 6.43. The molecule has 0 bridgehead atoms. The lowest BCUT2D eigenvalue weighted by Crippen LogP contribution is -1.70. The maximum Gasteiger partial charge on any atom is 0.192 e. The fourth-order valence-electron chi connectivity index (χ4n) is 1.17. The number of aromatic nitrogens is 1. The Hall–Kier alpha value is -0.610. The van der Waals surface area contributed by atoms with E-state index in [0.717, 1.165) is 17.0 Å². The molecular weight excluding hydrogens is 202 g/mol. The topological polar surface area (TPSA) is 26.0 Å². The first-order valence-electron chi connectivity index (χ1n) is 3.87. The second-order valence-corrected chi connectivity index (χ2v) is 5.08. The normalized spacial score (nSPS) is 10.9. The maximum absolute atomic E-state index is 5.37. The van der Waals surface area contributed by atoms with Gasteiger partial charge < -0.3 is 4.42 Å². The van der Waals surface area contributed by atoms with Crippen LogP contribution in [0.2, 0.25) is 0 Å². The molecule has 0 unspecified atom stereocenters. The van der Waals surface area contributed by atoms with E-state index in [2.05, 4.69) is 11.2 Å². The molecule has 0 saturated carbocycles. The molecule has 13 heavy (non-hydrogen) atoms. The van der Waals surface area contributed by atoms with Crippen LogP contribution in [0.15, 0.2) is 27.5 Å². The summed E-state index contributed by atoms with van der Waals surface area (Å²) in [6.45, 7) is 1.86. The van der Waals surface area contributed by atoms with Crippen LogP contribution in [0.25, 0.3) is 11.1 Å². The summed E-state index contributed by atoms with van der Waals surface area (Å²) in [5.74, 6) is 0.723. The zero-order valence-corrected chi connectivity index (χ0v) is 9.04. The number of nitrogens with zero attached hydrogens (tertiary/aromatic N) is 1. The van der Waals surface area contributed by atoms with Crippen LogP contribution in [0, 0.1) is 6.92 Å². The third kappa shape index (κ3) is 1.84. The van der Waals surface area contributed by atoms with E-state index in [1.807, 2.05) is 25.1 Å². The van der Waals surface area contributed by atoms with Crippen LogP contribution in [-0.4, -0.2) is 11.2 Å². The summed E-state index contributed by atoms with van der Waals surface area (Å²) in [5.41, 5.74) is 1.81. The molecule has 0 aliphatic rings. The van der Waals surface area contributed by atoms with Gasteiger partial charge in [0.2, 0.25) is 0 Å². The van der Waals surface area contributed by atoms with E-state index in [1.54, 1.807) is 21.6 Å². The van der Waals surface area contributed by atoms with E-state index < -0.39 is 0 Å². The fraction of sp³-hybridized carbons (Fsp3) is 0.222. The van der Waals surface area contributed by atoms with Gasteiger partial charge in [0.25, 0.3) is 0 Å². The van der Waals surface area contributed by atoms with Crippen LogP contribution in [0.4, 0.5) is 0 Å². The summed E-state index contributed by atoms with van der Waals surface area (Å²) in [7, 11) is 3.46. The zero-order valence-electron chi connectivity index (χ0n) is 7.40. The molecule has 0 amide bonds. The fourth-order valence-corrected chi connectivity index (χ4v) is 2.53. The summed E-state index contributed by atoms with van der Waals surface area (Å²) in [6.07, 6.45) is 2.06. The van der Waals surface area contributed by atoms with Crippen molar-refractivity contribution in [2.24, 2.45) is 0 Å². The Morgan fingerprint density at radius 2 is 2.23 bits per heavy atom. The van der Waals surface area contributed by atoms with E-state index in [4.69, 9.17) is 4.42 Å². The third-order valence-corrected chi connectivity index (χ3v) is 3.34. The van der Waals surface area contributed by atoms with Crippen LogP contribution in [0.1, 0.15) is 5.89 Å². The van der Waals surface area contributed by atoms with Crippen LogP contribution in [-0.2, 0) is 0 Å². The third-order valence-electron chi connectivity index (χ3n) is 1.65. The van der Waals surface area contributed by atoms with Crippen molar-refractivity contribution in [3.05, 3.63) is 24.1 Å². The number of rotatable bonds is 2. The molecule has 0 fully saturated rings. The van der Waals surface area contributed by atoms with Crippen LogP contribution < -0.4 is 0 Å². The first-order chi connectivity index (χ1) is 6.29. The largest absolute Gasteiger partial charge is 0.441 e. The van der Waals surface area contributed by atoms with Crippen molar-refractivity contribution >= 4 is 32.7 Å². The molecule has 0 aliphatic carbocycles. The number of fused-ring (bicyclic) bond motifs is 1. The predicted octanol–water partition coefficient (Wildman–Crippen LogP) is 3.51. The zero-order chi connectivity index (χ0) is 9.26. The minimum absolute atomic E-state index is 0.723. The van der Waals surface area contributed by atoms with Crippen molar-refractivity contribution in [2.45, 2.75) is 11.8 Å². The monoisotopic (exact) mass is 211 g/mol. The molecule has 1 heterocycles. The molecule has 0 aliphatic heterocycles. The highest BCUT2D eigenvalue weighted by atomic mass is 33.1. The molecule has 0 N–H and O–H groups in total. The molecule has 1 aromatic carbocycles. The van der Waals surface area contributed by atoms with E-state index in [9.17, 15) is 0 Å². The summed E-state index contributed by atoms with van der Waals surface area (Å²) in [4.78, 5) is 5.48. The molecule has 0 saturated heterocycles. The average molecular weight is 211 g/mol. The highest BCUT2D eigenvalue weighted by Crippen LogP contribution is 2.30. The molecule has 0 radical (unpaired) electrons. The lowest BCUT2D eigenvalue weighted by atomic mass is 10.3. The Labute approximate surface area is 84.5 Å². The van der Waals surface area contributed by atoms with Gasteiger partial charge in [0.15, 0.2) is 11.5 Å². The Bertz CT molecular complexity index is 424. The van der Waals surface area contributed by atoms with Gasteiger partial charge in [-0.05, 0) is 24.5 Å². The molecule has 2 rings (SSSR count). The Morgan fingerprint density at radius 1 is 1.38 bits per heavy atom. The van der Waals surface area contributed by atoms with Crippen molar-refractivity contribution < 1.29 is 4.42 Å². The molecule has 0 spiro atoms. The number of hydrogen-bond donors (Lipinski definition) is 0. The Balaban J connectivity index is 2.48. The van der Waals surface area contributed by atoms with Crippen molar-refractivity contribution in [1.29, 1.82) is 0 Å². The molecule has 0 atom stereocenters. The van der Waals surface area contributed by atoms with Gasteiger partial charge >= 0.3 is 0 Å². The van der Waals surface area contributed by atoms with E-state index in [1.165, 1.54) is 4.90 Å². The summed E-state index contributed by atoms with van der Waals surface area (Å²) in [6, 6.07) is 6.06. The molecule has 4 heteroatoms. The standard InChI is InChI=1S/C9H9NOS2/c1-6-10-8-5-7(13-12-2)3-4-9(8)11-6/h3-5H,1-2H3. The lowest BCUT2D eigenvalue weighted by Gasteiger charge is -1.94. The van der Waals surface area contributed by atoms with Crippen molar-refractivity contribution in [2.75, 3.05) is 6.26 Å². The van der Waals surface area contributed by atoms with Crippen molar-refractivity contribution in [1.82, 2.24) is 4.98 Å². The number of oxazole rings is 1. The maximum atomic E-state index is 5.37. The Kier molecular flexibility index (Phi) is 2.51. The quantitative estimate of drug-likeness (QED) is 0.710. The van der Waals surface area contributed by atoms with Gasteiger partial charge in [-0.3, -0.25) is 0 Å². The van der Waals surface area contributed by atoms with Gasteiger partial charge in [-0.2, -0.15) is 0 Å². The van der Waals surface area contributed by atoms with Gasteiger partial charge in [0.1, 0.15) is 5.52 Å². The van der Waals surface area contributed by atoms with Gasteiger partial charge in [-0.25, -0.2) is 4.98 Å². The van der Waals surface area contributed by atoms with Crippen molar-refractivity contribution in [3.8, 4) is 0 Å². The SMILES string of the molecule is CSSc1ccc2oc(C)nc2c1. The second kappa shape index (κ2) is 3.64. The molecule has 2 nitrogen and oxygen atoms in total. The van der Waals surface area contributed by atoms with Gasteiger partial charge in [-0.15, -0.1) is 0 Å². The molecule has 68 valence electrons. The minimum Gasteiger partial charge on any atom is -0.441 e. The molecular formula is C9H9NOS2. The highest BCUT2D eigenvalue weighted by molar-refractivity contribution is 8.76. The average Bonchev–Trinajstić information content (AvgIpc) is 2.44. The number of hydrogen-bond acceptors (Lipinski definition) is 4. The van der Waals surface area contributed by atoms with Crippen molar-refractivity contribution in [3.63, 3.8) is 0 Å². The first kappa shape index (κ1) is 8.97. The smallest absolute Gasteiger partial charge is 0.192 e. The van der Waals surface area contributed by atoms with Gasteiger partial charge in [0, 0.05) is 11.8 Å². The summed E-state index contributed by atoms with van der Waals surface area (Å²) in [5, 5.41) is 0. The molecule has 2 aromatic rings. The predicted molar refractivity (Wildman–Crippen MR) is 58.1 cm³/mol. The van der Waals surface area contributed by atoms with E-state index in [0.29, 0.717) is 0 Å². The lowest BCUT2D eigenvalue weighted by molar-refractivity contribution is 0.561. The summed E-state index contributed by atoms with van der Waals surface area (Å²) < 4.78 is 5.37. The highest BCUT2D eigenvalue weighted by Gasteiger charge is 2.02. The van der Waals surface area contributed by atoms with Gasteiger partial charge in [-0.1, -0.05) is 21.6 Å². The molecule has 1 aromatic heterocycles. The number of aryl methyl sites for hydroxylation is 1. The second-order valence-electron chi connectivity index (χ2n) is 2.61. The van der Waals surface area contributed by atoms with E-state index >= 15 is 0 Å². The minimum atomic E-state index is 0.723. The van der Waals surface area contributed by atoms with Crippen LogP contribution in [0.5, 0.6) is 0 Å². The number of benzene rings is 1. The van der Waals surface area contributed by atoms with Gasteiger partial charge in [0.05, 0.1) is 0 Å². The van der Waals surface area contributed by atoms with Crippen LogP contribution in [0.3, 0.4) is 0 Å². The van der Waals surface area contributed by atoms with Crippen LogP contribution >= 0.6 is 21.6 Å².